The topological polar surface area (TPSA) is 56.7 Å². The van der Waals surface area contributed by atoms with Crippen LogP contribution in [0.2, 0.25) is 5.28 Å². The van der Waals surface area contributed by atoms with Crippen LogP contribution >= 0.6 is 11.6 Å². The molecule has 3 rings (SSSR count). The van der Waals surface area contributed by atoms with Gasteiger partial charge in [0.2, 0.25) is 11.2 Å². The molecular formula is C16H18ClN3O3. The molecular weight excluding hydrogens is 318 g/mol. The van der Waals surface area contributed by atoms with Crippen molar-refractivity contribution < 1.29 is 14.2 Å². The fourth-order valence-corrected chi connectivity index (χ4v) is 2.46. The molecule has 0 aliphatic carbocycles. The van der Waals surface area contributed by atoms with E-state index in [9.17, 15) is 0 Å². The molecule has 0 spiro atoms. The van der Waals surface area contributed by atoms with E-state index < -0.39 is 0 Å². The van der Waals surface area contributed by atoms with E-state index in [1.165, 1.54) is 0 Å². The van der Waals surface area contributed by atoms with E-state index in [1.807, 2.05) is 24.3 Å². The van der Waals surface area contributed by atoms with Gasteiger partial charge in [-0.05, 0) is 29.3 Å². The second-order valence-corrected chi connectivity index (χ2v) is 5.41. The normalized spacial score (nSPS) is 14.6. The van der Waals surface area contributed by atoms with Crippen molar-refractivity contribution in [3.05, 3.63) is 41.2 Å². The van der Waals surface area contributed by atoms with Crippen LogP contribution in [0.4, 0.5) is 5.82 Å². The van der Waals surface area contributed by atoms with Gasteiger partial charge in [-0.1, -0.05) is 12.1 Å². The number of ether oxygens (including phenoxy) is 3. The Morgan fingerprint density at radius 2 is 1.91 bits per heavy atom. The van der Waals surface area contributed by atoms with Gasteiger partial charge in [-0.2, -0.15) is 4.98 Å². The summed E-state index contributed by atoms with van der Waals surface area (Å²) in [6.45, 7) is 3.34. The minimum atomic E-state index is 0.179. The lowest BCUT2D eigenvalue weighted by atomic mass is 10.2. The van der Waals surface area contributed by atoms with Gasteiger partial charge in [-0.15, -0.1) is 0 Å². The standard InChI is InChI=1S/C16H18ClN3O3/c1-21-13-4-2-12(3-5-13)11-23-15-10-14(18-16(17)19-15)20-6-8-22-9-7-20/h2-5,10H,6-9,11H2,1H3. The highest BCUT2D eigenvalue weighted by Crippen LogP contribution is 2.22. The maximum atomic E-state index is 6.01. The van der Waals surface area contributed by atoms with Crippen LogP contribution in [-0.4, -0.2) is 43.4 Å². The van der Waals surface area contributed by atoms with Crippen LogP contribution in [0, 0.1) is 0 Å². The highest BCUT2D eigenvalue weighted by Gasteiger charge is 2.15. The van der Waals surface area contributed by atoms with Crippen LogP contribution in [0.25, 0.3) is 0 Å². The zero-order valence-electron chi connectivity index (χ0n) is 12.9. The third-order valence-electron chi connectivity index (χ3n) is 3.54. The molecule has 23 heavy (non-hydrogen) atoms. The van der Waals surface area contributed by atoms with Gasteiger partial charge < -0.3 is 19.1 Å². The van der Waals surface area contributed by atoms with Crippen molar-refractivity contribution in [3.63, 3.8) is 0 Å². The van der Waals surface area contributed by atoms with Crippen LogP contribution < -0.4 is 14.4 Å². The minimum Gasteiger partial charge on any atom is -0.497 e. The molecule has 1 aromatic heterocycles. The Hall–Kier alpha value is -2.05. The quantitative estimate of drug-likeness (QED) is 0.783. The molecule has 7 heteroatoms. The molecule has 0 unspecified atom stereocenters. The number of hydrogen-bond donors (Lipinski definition) is 0. The van der Waals surface area contributed by atoms with Crippen molar-refractivity contribution in [1.82, 2.24) is 9.97 Å². The Kier molecular flexibility index (Phi) is 5.15. The molecule has 0 amide bonds. The number of methoxy groups -OCH3 is 1. The number of morpholine rings is 1. The minimum absolute atomic E-state index is 0.179. The molecule has 2 aromatic rings. The summed E-state index contributed by atoms with van der Waals surface area (Å²) < 4.78 is 16.2. The number of nitrogens with zero attached hydrogens (tertiary/aromatic N) is 3. The molecule has 1 aliphatic rings. The van der Waals surface area contributed by atoms with E-state index in [2.05, 4.69) is 14.9 Å². The second-order valence-electron chi connectivity index (χ2n) is 5.07. The first kappa shape index (κ1) is 15.8. The summed E-state index contributed by atoms with van der Waals surface area (Å²) in [6, 6.07) is 9.49. The first-order chi connectivity index (χ1) is 11.2. The number of halogens is 1. The largest absolute Gasteiger partial charge is 0.497 e. The number of aromatic nitrogens is 2. The van der Waals surface area contributed by atoms with Gasteiger partial charge in [-0.3, -0.25) is 0 Å². The molecule has 0 N–H and O–H groups in total. The number of hydrogen-bond acceptors (Lipinski definition) is 6. The summed E-state index contributed by atoms with van der Waals surface area (Å²) in [6.07, 6.45) is 0. The highest BCUT2D eigenvalue weighted by atomic mass is 35.5. The maximum Gasteiger partial charge on any atom is 0.227 e. The molecule has 0 bridgehead atoms. The molecule has 1 aromatic carbocycles. The Balaban J connectivity index is 1.68. The fourth-order valence-electron chi connectivity index (χ4n) is 2.29. The van der Waals surface area contributed by atoms with Gasteiger partial charge in [0.25, 0.3) is 0 Å². The summed E-state index contributed by atoms with van der Waals surface area (Å²) in [7, 11) is 1.64. The van der Waals surface area contributed by atoms with E-state index in [-0.39, 0.29) is 5.28 Å². The Labute approximate surface area is 140 Å². The average molecular weight is 336 g/mol. The lowest BCUT2D eigenvalue weighted by Gasteiger charge is -2.27. The highest BCUT2D eigenvalue weighted by molar-refractivity contribution is 6.28. The molecule has 6 nitrogen and oxygen atoms in total. The van der Waals surface area contributed by atoms with E-state index in [0.29, 0.717) is 25.7 Å². The van der Waals surface area contributed by atoms with E-state index >= 15 is 0 Å². The van der Waals surface area contributed by atoms with E-state index in [4.69, 9.17) is 25.8 Å². The van der Waals surface area contributed by atoms with Crippen molar-refractivity contribution in [1.29, 1.82) is 0 Å². The lowest BCUT2D eigenvalue weighted by molar-refractivity contribution is 0.122. The summed E-state index contributed by atoms with van der Waals surface area (Å²) in [4.78, 5) is 10.5. The van der Waals surface area contributed by atoms with Gasteiger partial charge in [0.05, 0.1) is 20.3 Å². The van der Waals surface area contributed by atoms with Crippen molar-refractivity contribution in [3.8, 4) is 11.6 Å². The van der Waals surface area contributed by atoms with Crippen molar-refractivity contribution in [2.45, 2.75) is 6.61 Å². The van der Waals surface area contributed by atoms with Crippen molar-refractivity contribution >= 4 is 17.4 Å². The molecule has 0 radical (unpaired) electrons. The summed E-state index contributed by atoms with van der Waals surface area (Å²) in [5, 5.41) is 0.179. The second kappa shape index (κ2) is 7.48. The van der Waals surface area contributed by atoms with Gasteiger partial charge in [0.15, 0.2) is 0 Å². The zero-order chi connectivity index (χ0) is 16.1. The predicted molar refractivity (Wildman–Crippen MR) is 87.4 cm³/mol. The third-order valence-corrected chi connectivity index (χ3v) is 3.71. The number of rotatable bonds is 5. The van der Waals surface area contributed by atoms with Gasteiger partial charge in [0, 0.05) is 19.2 Å². The van der Waals surface area contributed by atoms with E-state index in [1.54, 1.807) is 13.2 Å². The molecule has 1 fully saturated rings. The monoisotopic (exact) mass is 335 g/mol. The average Bonchev–Trinajstić information content (AvgIpc) is 2.61. The van der Waals surface area contributed by atoms with Crippen LogP contribution in [0.3, 0.4) is 0 Å². The number of benzene rings is 1. The lowest BCUT2D eigenvalue weighted by Crippen LogP contribution is -2.36. The van der Waals surface area contributed by atoms with Gasteiger partial charge in [-0.25, -0.2) is 4.98 Å². The molecule has 2 heterocycles. The van der Waals surface area contributed by atoms with Crippen LogP contribution in [0.15, 0.2) is 30.3 Å². The first-order valence-electron chi connectivity index (χ1n) is 7.37. The third kappa shape index (κ3) is 4.24. The van der Waals surface area contributed by atoms with Crippen LogP contribution in [0.5, 0.6) is 11.6 Å². The Morgan fingerprint density at radius 3 is 2.61 bits per heavy atom. The number of anilines is 1. The van der Waals surface area contributed by atoms with Crippen molar-refractivity contribution in [2.24, 2.45) is 0 Å². The Bertz CT molecular complexity index is 646. The molecule has 1 aliphatic heterocycles. The van der Waals surface area contributed by atoms with Crippen molar-refractivity contribution in [2.75, 3.05) is 38.3 Å². The molecule has 1 saturated heterocycles. The summed E-state index contributed by atoms with van der Waals surface area (Å²) in [5.41, 5.74) is 1.02. The predicted octanol–water partition coefficient (Wildman–Crippen LogP) is 2.55. The molecule has 0 atom stereocenters. The van der Waals surface area contributed by atoms with Crippen LogP contribution in [-0.2, 0) is 11.3 Å². The SMILES string of the molecule is COc1ccc(COc2cc(N3CCOCC3)nc(Cl)n2)cc1. The smallest absolute Gasteiger partial charge is 0.227 e. The fraction of sp³-hybridized carbons (Fsp3) is 0.375. The zero-order valence-corrected chi connectivity index (χ0v) is 13.6. The molecule has 122 valence electrons. The van der Waals surface area contributed by atoms with Crippen LogP contribution in [0.1, 0.15) is 5.56 Å². The van der Waals surface area contributed by atoms with Gasteiger partial charge in [0.1, 0.15) is 18.2 Å². The van der Waals surface area contributed by atoms with E-state index in [0.717, 1.165) is 30.2 Å². The first-order valence-corrected chi connectivity index (χ1v) is 7.75. The van der Waals surface area contributed by atoms with Gasteiger partial charge >= 0.3 is 0 Å². The Morgan fingerprint density at radius 1 is 1.17 bits per heavy atom. The maximum absolute atomic E-state index is 6.01. The summed E-state index contributed by atoms with van der Waals surface area (Å²) >= 11 is 6.01. The summed E-state index contributed by atoms with van der Waals surface area (Å²) in [5.74, 6) is 2.04. The molecule has 0 saturated carbocycles.